The summed E-state index contributed by atoms with van der Waals surface area (Å²) in [5, 5.41) is 2.04. The molecule has 2 aromatic rings. The molecule has 1 atom stereocenters. The number of rotatable bonds is 9. The predicted molar refractivity (Wildman–Crippen MR) is 107 cm³/mol. The highest BCUT2D eigenvalue weighted by Gasteiger charge is 2.34. The van der Waals surface area contributed by atoms with E-state index < -0.39 is 24.5 Å². The highest BCUT2D eigenvalue weighted by atomic mass is 35.5. The molecule has 0 aliphatic rings. The summed E-state index contributed by atoms with van der Waals surface area (Å²) >= 11 is 5.62. The van der Waals surface area contributed by atoms with Crippen molar-refractivity contribution in [3.63, 3.8) is 0 Å². The molecule has 0 aliphatic heterocycles. The van der Waals surface area contributed by atoms with Crippen molar-refractivity contribution in [2.24, 2.45) is 0 Å². The molecule has 1 aromatic heterocycles. The van der Waals surface area contributed by atoms with E-state index in [9.17, 15) is 17.7 Å². The smallest absolute Gasteiger partial charge is 0.420 e. The summed E-state index contributed by atoms with van der Waals surface area (Å²) in [6.07, 6.45) is -4.31. The lowest BCUT2D eigenvalue weighted by atomic mass is 10.2. The quantitative estimate of drug-likeness (QED) is 0.355. The summed E-state index contributed by atoms with van der Waals surface area (Å²) in [4.78, 5) is 7.28. The van der Waals surface area contributed by atoms with Crippen molar-refractivity contribution >= 4 is 30.8 Å². The maximum absolute atomic E-state index is 12.9. The highest BCUT2D eigenvalue weighted by molar-refractivity contribution is 7.53. The van der Waals surface area contributed by atoms with Gasteiger partial charge in [-0.15, -0.1) is 0 Å². The van der Waals surface area contributed by atoms with E-state index in [4.69, 9.17) is 25.4 Å². The molecular formula is C18H22ClF3N3O4P. The highest BCUT2D eigenvalue weighted by Crippen LogP contribution is 2.52. The first-order chi connectivity index (χ1) is 14.0. The second kappa shape index (κ2) is 9.96. The minimum absolute atomic E-state index is 0.0261. The first-order valence-electron chi connectivity index (χ1n) is 8.93. The van der Waals surface area contributed by atoms with E-state index in [0.717, 1.165) is 0 Å². The second-order valence-electron chi connectivity index (χ2n) is 6.40. The normalized spacial score (nSPS) is 13.9. The monoisotopic (exact) mass is 467 g/mol. The van der Waals surface area contributed by atoms with Gasteiger partial charge in [0.15, 0.2) is 0 Å². The van der Waals surface area contributed by atoms with Crippen molar-refractivity contribution in [2.45, 2.75) is 39.2 Å². The molecular weight excluding hydrogens is 446 g/mol. The van der Waals surface area contributed by atoms with Gasteiger partial charge in [-0.25, -0.2) is 9.97 Å². The molecule has 0 aliphatic carbocycles. The number of hydrogen-bond acceptors (Lipinski definition) is 7. The number of nitrogens with zero attached hydrogens (tertiary/aromatic N) is 2. The fraction of sp³-hybridized carbons (Fsp3) is 0.444. The van der Waals surface area contributed by atoms with Crippen LogP contribution in [0.5, 0.6) is 5.75 Å². The van der Waals surface area contributed by atoms with Crippen molar-refractivity contribution in [1.82, 2.24) is 9.97 Å². The molecule has 0 bridgehead atoms. The van der Waals surface area contributed by atoms with E-state index >= 15 is 0 Å². The summed E-state index contributed by atoms with van der Waals surface area (Å²) in [5.74, 6) is 0.196. The third-order valence-electron chi connectivity index (χ3n) is 3.63. The Morgan fingerprint density at radius 2 is 2.00 bits per heavy atom. The molecule has 0 radical (unpaired) electrons. The minimum Gasteiger partial charge on any atom is -0.495 e. The molecule has 0 spiro atoms. The molecule has 1 heterocycles. The molecule has 2 rings (SSSR count). The van der Waals surface area contributed by atoms with Crippen LogP contribution in [0.3, 0.4) is 0 Å². The number of methoxy groups -OCH3 is 1. The largest absolute Gasteiger partial charge is 0.495 e. The van der Waals surface area contributed by atoms with Crippen LogP contribution in [0.25, 0.3) is 0 Å². The molecule has 7 nitrogen and oxygen atoms in total. The number of halogens is 4. The Bertz CT molecular complexity index is 928. The zero-order valence-electron chi connectivity index (χ0n) is 16.8. The average molecular weight is 468 g/mol. The first kappa shape index (κ1) is 24.4. The molecule has 1 unspecified atom stereocenters. The molecule has 0 saturated carbocycles. The van der Waals surface area contributed by atoms with Crippen LogP contribution in [0, 0.1) is 0 Å². The maximum atomic E-state index is 12.9. The molecule has 0 amide bonds. The Balaban J connectivity index is 2.26. The van der Waals surface area contributed by atoms with Crippen LogP contribution in [-0.4, -0.2) is 29.8 Å². The standard InChI is InChI=1S/C18H22ClF3N3O4P/c1-5-28-30(26,29-11(2)3)10-12-6-7-14(15(8-12)27-4)24-17-23-9-13(16(19)25-17)18(20,21)22/h6-9,11H,5,10H2,1-4H3,(H,23,24,25). The SMILES string of the molecule is CCOP(=O)(Cc1ccc(Nc2ncc(C(F)(F)F)c(Cl)n2)c(OC)c1)OC(C)C. The number of ether oxygens (including phenoxy) is 1. The van der Waals surface area contributed by atoms with Gasteiger partial charge in [-0.3, -0.25) is 4.57 Å². The zero-order valence-corrected chi connectivity index (χ0v) is 18.4. The Labute approximate surface area is 177 Å². The van der Waals surface area contributed by atoms with Crippen LogP contribution in [0.15, 0.2) is 24.4 Å². The van der Waals surface area contributed by atoms with Crippen LogP contribution in [0.2, 0.25) is 5.15 Å². The average Bonchev–Trinajstić information content (AvgIpc) is 2.61. The van der Waals surface area contributed by atoms with Crippen LogP contribution in [-0.2, 0) is 26.0 Å². The van der Waals surface area contributed by atoms with Gasteiger partial charge >= 0.3 is 13.8 Å². The predicted octanol–water partition coefficient (Wildman–Crippen LogP) is 6.06. The van der Waals surface area contributed by atoms with Gasteiger partial charge in [-0.1, -0.05) is 17.7 Å². The topological polar surface area (TPSA) is 82.6 Å². The van der Waals surface area contributed by atoms with E-state index in [-0.39, 0.29) is 24.8 Å². The van der Waals surface area contributed by atoms with Crippen LogP contribution in [0.4, 0.5) is 24.8 Å². The fourth-order valence-electron chi connectivity index (χ4n) is 2.52. The first-order valence-corrected chi connectivity index (χ1v) is 11.0. The van der Waals surface area contributed by atoms with Crippen molar-refractivity contribution in [3.8, 4) is 5.75 Å². The van der Waals surface area contributed by atoms with Crippen molar-refractivity contribution < 1.29 is 31.5 Å². The summed E-state index contributed by atoms with van der Waals surface area (Å²) < 4.78 is 67.4. The van der Waals surface area contributed by atoms with Gasteiger partial charge in [-0.05, 0) is 38.5 Å². The number of alkyl halides is 3. The Morgan fingerprint density at radius 3 is 2.53 bits per heavy atom. The molecule has 0 fully saturated rings. The van der Waals surface area contributed by atoms with Crippen LogP contribution in [0.1, 0.15) is 31.9 Å². The maximum Gasteiger partial charge on any atom is 0.420 e. The lowest BCUT2D eigenvalue weighted by molar-refractivity contribution is -0.137. The van der Waals surface area contributed by atoms with E-state index in [1.54, 1.807) is 39.0 Å². The third-order valence-corrected chi connectivity index (χ3v) is 6.07. The molecule has 12 heteroatoms. The van der Waals surface area contributed by atoms with Gasteiger partial charge in [0.05, 0.1) is 31.7 Å². The second-order valence-corrected chi connectivity index (χ2v) is 8.76. The number of aromatic nitrogens is 2. The number of nitrogens with one attached hydrogen (secondary N) is 1. The minimum atomic E-state index is -4.65. The van der Waals surface area contributed by atoms with Crippen LogP contribution >= 0.6 is 19.2 Å². The van der Waals surface area contributed by atoms with Crippen molar-refractivity contribution in [2.75, 3.05) is 19.0 Å². The summed E-state index contributed by atoms with van der Waals surface area (Å²) in [7, 11) is -1.95. The lowest BCUT2D eigenvalue weighted by Crippen LogP contribution is -2.09. The Kier molecular flexibility index (Phi) is 8.10. The zero-order chi connectivity index (χ0) is 22.5. The van der Waals surface area contributed by atoms with E-state index in [1.807, 2.05) is 0 Å². The van der Waals surface area contributed by atoms with E-state index in [0.29, 0.717) is 23.2 Å². The number of hydrogen-bond donors (Lipinski definition) is 1. The summed E-state index contributed by atoms with van der Waals surface area (Å²) in [6, 6.07) is 4.87. The summed E-state index contributed by atoms with van der Waals surface area (Å²) in [6.45, 7) is 5.47. The van der Waals surface area contributed by atoms with Gasteiger partial charge < -0.3 is 19.1 Å². The van der Waals surface area contributed by atoms with Crippen molar-refractivity contribution in [3.05, 3.63) is 40.7 Å². The van der Waals surface area contributed by atoms with Crippen LogP contribution < -0.4 is 10.1 Å². The molecule has 1 aromatic carbocycles. The summed E-state index contributed by atoms with van der Waals surface area (Å²) in [5.41, 5.74) is -0.122. The number of benzene rings is 1. The number of anilines is 2. The van der Waals surface area contributed by atoms with Gasteiger partial charge in [0.25, 0.3) is 0 Å². The van der Waals surface area contributed by atoms with Gasteiger partial charge in [0.2, 0.25) is 5.95 Å². The molecule has 1 N–H and O–H groups in total. The molecule has 30 heavy (non-hydrogen) atoms. The molecule has 166 valence electrons. The van der Waals surface area contributed by atoms with E-state index in [1.165, 1.54) is 7.11 Å². The lowest BCUT2D eigenvalue weighted by Gasteiger charge is -2.21. The Morgan fingerprint density at radius 1 is 1.30 bits per heavy atom. The van der Waals surface area contributed by atoms with Gasteiger partial charge in [0, 0.05) is 6.20 Å². The van der Waals surface area contributed by atoms with Gasteiger partial charge in [0.1, 0.15) is 16.5 Å². The third kappa shape index (κ3) is 6.57. The van der Waals surface area contributed by atoms with E-state index in [2.05, 4.69) is 15.3 Å². The van der Waals surface area contributed by atoms with Crippen molar-refractivity contribution in [1.29, 1.82) is 0 Å². The van der Waals surface area contributed by atoms with Gasteiger partial charge in [-0.2, -0.15) is 13.2 Å². The Hall–Kier alpha value is -1.87. The fourth-order valence-corrected chi connectivity index (χ4v) is 4.67. The molecule has 0 saturated heterocycles.